The van der Waals surface area contributed by atoms with Gasteiger partial charge in [0.15, 0.2) is 11.5 Å². The first kappa shape index (κ1) is 18.0. The van der Waals surface area contributed by atoms with Crippen LogP contribution in [0, 0.1) is 0 Å². The highest BCUT2D eigenvalue weighted by Crippen LogP contribution is 2.35. The van der Waals surface area contributed by atoms with Gasteiger partial charge in [0.25, 0.3) is 0 Å². The Morgan fingerprint density at radius 2 is 1.79 bits per heavy atom. The van der Waals surface area contributed by atoms with Crippen LogP contribution in [-0.4, -0.2) is 29.2 Å². The van der Waals surface area contributed by atoms with Gasteiger partial charge in [-0.25, -0.2) is 15.0 Å². The van der Waals surface area contributed by atoms with Crippen LogP contribution in [0.1, 0.15) is 10.6 Å². The predicted octanol–water partition coefficient (Wildman–Crippen LogP) is 3.53. The third-order valence-electron chi connectivity index (χ3n) is 4.37. The second-order valence-electron chi connectivity index (χ2n) is 6.15. The lowest BCUT2D eigenvalue weighted by Crippen LogP contribution is -2.05. The fourth-order valence-electron chi connectivity index (χ4n) is 3.07. The standard InChI is InChI=1S/C20H19N5O2S/c1-26-16-6-5-11(8-17(16)27-2)18-13(21)10-15-19(25-18)14(23-20(22)24-15)9-12-4-3-7-28-12/h3-8,10H,9,21H2,1-2H3,(H2,22,23,24). The molecule has 3 aromatic heterocycles. The Labute approximate surface area is 166 Å². The van der Waals surface area contributed by atoms with Crippen molar-refractivity contribution in [3.63, 3.8) is 0 Å². The molecule has 4 N–H and O–H groups in total. The molecule has 0 bridgehead atoms. The molecule has 7 nitrogen and oxygen atoms in total. The second kappa shape index (κ2) is 7.32. The Balaban J connectivity index is 1.88. The highest BCUT2D eigenvalue weighted by atomic mass is 32.1. The van der Waals surface area contributed by atoms with Crippen molar-refractivity contribution < 1.29 is 9.47 Å². The Bertz CT molecular complexity index is 1150. The third-order valence-corrected chi connectivity index (χ3v) is 5.24. The molecule has 0 saturated carbocycles. The number of pyridine rings is 1. The van der Waals surface area contributed by atoms with E-state index in [4.69, 9.17) is 25.9 Å². The molecule has 0 atom stereocenters. The van der Waals surface area contributed by atoms with Gasteiger partial charge in [0.2, 0.25) is 5.95 Å². The molecule has 0 radical (unpaired) electrons. The lowest BCUT2D eigenvalue weighted by molar-refractivity contribution is 0.355. The van der Waals surface area contributed by atoms with E-state index in [1.807, 2.05) is 29.6 Å². The highest BCUT2D eigenvalue weighted by Gasteiger charge is 2.15. The maximum absolute atomic E-state index is 6.28. The molecule has 0 amide bonds. The largest absolute Gasteiger partial charge is 0.493 e. The number of fused-ring (bicyclic) bond motifs is 1. The number of rotatable bonds is 5. The van der Waals surface area contributed by atoms with Gasteiger partial charge in [-0.2, -0.15) is 0 Å². The molecule has 142 valence electrons. The van der Waals surface area contributed by atoms with Crippen LogP contribution in [0.5, 0.6) is 11.5 Å². The average Bonchev–Trinajstić information content (AvgIpc) is 3.20. The van der Waals surface area contributed by atoms with Crippen LogP contribution in [0.4, 0.5) is 11.6 Å². The minimum atomic E-state index is 0.208. The zero-order valence-electron chi connectivity index (χ0n) is 15.5. The summed E-state index contributed by atoms with van der Waals surface area (Å²) in [4.78, 5) is 14.7. The SMILES string of the molecule is COc1ccc(-c2nc3c(Cc4cccs4)nc(N)nc3cc2N)cc1OC. The van der Waals surface area contributed by atoms with E-state index in [9.17, 15) is 0 Å². The van der Waals surface area contributed by atoms with E-state index >= 15 is 0 Å². The van der Waals surface area contributed by atoms with Crippen LogP contribution < -0.4 is 20.9 Å². The number of thiophene rings is 1. The molecule has 8 heteroatoms. The smallest absolute Gasteiger partial charge is 0.220 e. The van der Waals surface area contributed by atoms with E-state index in [1.165, 1.54) is 4.88 Å². The molecule has 0 aliphatic carbocycles. The molecule has 0 aliphatic rings. The van der Waals surface area contributed by atoms with Gasteiger partial charge in [-0.05, 0) is 35.7 Å². The summed E-state index contributed by atoms with van der Waals surface area (Å²) in [7, 11) is 3.19. The number of anilines is 2. The second-order valence-corrected chi connectivity index (χ2v) is 7.18. The van der Waals surface area contributed by atoms with Crippen molar-refractivity contribution in [2.75, 3.05) is 25.7 Å². The van der Waals surface area contributed by atoms with Crippen molar-refractivity contribution in [3.05, 3.63) is 52.3 Å². The van der Waals surface area contributed by atoms with Crippen LogP contribution in [-0.2, 0) is 6.42 Å². The van der Waals surface area contributed by atoms with Gasteiger partial charge in [-0.15, -0.1) is 11.3 Å². The Morgan fingerprint density at radius 1 is 0.964 bits per heavy atom. The zero-order valence-corrected chi connectivity index (χ0v) is 16.3. The Kier molecular flexibility index (Phi) is 4.70. The zero-order chi connectivity index (χ0) is 19.7. The Morgan fingerprint density at radius 3 is 2.50 bits per heavy atom. The van der Waals surface area contributed by atoms with Crippen LogP contribution in [0.3, 0.4) is 0 Å². The fourth-order valence-corrected chi connectivity index (χ4v) is 3.78. The number of hydrogen-bond donors (Lipinski definition) is 2. The molecule has 0 fully saturated rings. The van der Waals surface area contributed by atoms with E-state index in [0.717, 1.165) is 11.3 Å². The number of methoxy groups -OCH3 is 2. The average molecular weight is 393 g/mol. The molecule has 4 rings (SSSR count). The van der Waals surface area contributed by atoms with Gasteiger partial charge < -0.3 is 20.9 Å². The van der Waals surface area contributed by atoms with Crippen molar-refractivity contribution in [1.29, 1.82) is 0 Å². The highest BCUT2D eigenvalue weighted by molar-refractivity contribution is 7.09. The van der Waals surface area contributed by atoms with Gasteiger partial charge in [-0.1, -0.05) is 6.07 Å². The molecule has 1 aromatic carbocycles. The summed E-state index contributed by atoms with van der Waals surface area (Å²) in [6.45, 7) is 0. The molecule has 0 spiro atoms. The molecular formula is C20H19N5O2S. The number of ether oxygens (including phenoxy) is 2. The molecule has 0 aliphatic heterocycles. The number of hydrogen-bond acceptors (Lipinski definition) is 8. The number of aromatic nitrogens is 3. The van der Waals surface area contributed by atoms with Crippen LogP contribution in [0.2, 0.25) is 0 Å². The summed E-state index contributed by atoms with van der Waals surface area (Å²) in [6.07, 6.45) is 0.628. The quantitative estimate of drug-likeness (QED) is 0.534. The maximum Gasteiger partial charge on any atom is 0.220 e. The fraction of sp³-hybridized carbons (Fsp3) is 0.150. The van der Waals surface area contributed by atoms with Crippen molar-refractivity contribution in [1.82, 2.24) is 15.0 Å². The van der Waals surface area contributed by atoms with Gasteiger partial charge >= 0.3 is 0 Å². The van der Waals surface area contributed by atoms with E-state index < -0.39 is 0 Å². The van der Waals surface area contributed by atoms with Crippen LogP contribution >= 0.6 is 11.3 Å². The molecule has 3 heterocycles. The summed E-state index contributed by atoms with van der Waals surface area (Å²) in [6, 6.07) is 11.4. The van der Waals surface area contributed by atoms with Gasteiger partial charge in [0, 0.05) is 16.9 Å². The molecule has 4 aromatic rings. The number of nitrogens with zero attached hydrogens (tertiary/aromatic N) is 3. The predicted molar refractivity (Wildman–Crippen MR) is 112 cm³/mol. The summed E-state index contributed by atoms with van der Waals surface area (Å²) in [5, 5.41) is 2.03. The molecule has 0 saturated heterocycles. The van der Waals surface area contributed by atoms with Crippen molar-refractivity contribution in [2.24, 2.45) is 0 Å². The third kappa shape index (κ3) is 3.29. The molecule has 28 heavy (non-hydrogen) atoms. The molecular weight excluding hydrogens is 374 g/mol. The van der Waals surface area contributed by atoms with E-state index in [1.54, 1.807) is 31.6 Å². The van der Waals surface area contributed by atoms with Crippen molar-refractivity contribution in [2.45, 2.75) is 6.42 Å². The normalized spacial score (nSPS) is 10.9. The van der Waals surface area contributed by atoms with Crippen LogP contribution in [0.15, 0.2) is 41.8 Å². The summed E-state index contributed by atoms with van der Waals surface area (Å²) in [5.74, 6) is 1.45. The van der Waals surface area contributed by atoms with Crippen LogP contribution in [0.25, 0.3) is 22.3 Å². The lowest BCUT2D eigenvalue weighted by atomic mass is 10.1. The topological polar surface area (TPSA) is 109 Å². The number of nitrogens with two attached hydrogens (primary N) is 2. The first-order chi connectivity index (χ1) is 13.6. The molecule has 0 unspecified atom stereocenters. The summed E-state index contributed by atoms with van der Waals surface area (Å²) >= 11 is 1.66. The minimum Gasteiger partial charge on any atom is -0.493 e. The number of benzene rings is 1. The minimum absolute atomic E-state index is 0.208. The van der Waals surface area contributed by atoms with E-state index in [2.05, 4.69) is 16.0 Å². The first-order valence-corrected chi connectivity index (χ1v) is 9.44. The lowest BCUT2D eigenvalue weighted by Gasteiger charge is -2.12. The van der Waals surface area contributed by atoms with Crippen molar-refractivity contribution in [3.8, 4) is 22.8 Å². The monoisotopic (exact) mass is 393 g/mol. The Hall–Kier alpha value is -3.39. The number of nitrogen functional groups attached to an aromatic ring is 2. The van der Waals surface area contributed by atoms with Crippen molar-refractivity contribution >= 4 is 34.0 Å². The summed E-state index contributed by atoms with van der Waals surface area (Å²) < 4.78 is 10.7. The first-order valence-electron chi connectivity index (χ1n) is 8.56. The van der Waals surface area contributed by atoms with E-state index in [0.29, 0.717) is 40.3 Å². The summed E-state index contributed by atoms with van der Waals surface area (Å²) in [5.41, 5.74) is 16.2. The van der Waals surface area contributed by atoms with Gasteiger partial charge in [0.05, 0.1) is 36.8 Å². The van der Waals surface area contributed by atoms with Gasteiger partial charge in [0.1, 0.15) is 5.52 Å². The van der Waals surface area contributed by atoms with Gasteiger partial charge in [-0.3, -0.25) is 0 Å². The maximum atomic E-state index is 6.28. The van der Waals surface area contributed by atoms with E-state index in [-0.39, 0.29) is 5.95 Å².